The molecule has 2 amide bonds. The number of benzene rings is 1. The highest BCUT2D eigenvalue weighted by molar-refractivity contribution is 6.32. The Kier molecular flexibility index (Phi) is 6.18. The highest BCUT2D eigenvalue weighted by Gasteiger charge is 2.22. The number of rotatable bonds is 5. The summed E-state index contributed by atoms with van der Waals surface area (Å²) in [5.41, 5.74) is 0. The number of nitrogens with zero attached hydrogens (tertiary/aromatic N) is 1. The van der Waals surface area contributed by atoms with Gasteiger partial charge in [-0.15, -0.1) is 0 Å². The van der Waals surface area contributed by atoms with Crippen LogP contribution in [-0.4, -0.2) is 36.7 Å². The quantitative estimate of drug-likeness (QED) is 0.843. The number of carbonyl (C=O) groups is 1. The van der Waals surface area contributed by atoms with Gasteiger partial charge in [0.1, 0.15) is 5.75 Å². The predicted octanol–water partition coefficient (Wildman–Crippen LogP) is 3.69. The SMILES string of the molecule is CC1CCCCN1C(=O)NCCCOc1ccccc1Cl. The Morgan fingerprint density at radius 3 is 3.00 bits per heavy atom. The highest BCUT2D eigenvalue weighted by atomic mass is 35.5. The van der Waals surface area contributed by atoms with Crippen molar-refractivity contribution < 1.29 is 9.53 Å². The smallest absolute Gasteiger partial charge is 0.317 e. The average Bonchev–Trinajstić information content (AvgIpc) is 2.49. The van der Waals surface area contributed by atoms with Crippen LogP contribution in [0.25, 0.3) is 0 Å². The van der Waals surface area contributed by atoms with Crippen molar-refractivity contribution in [3.8, 4) is 5.75 Å². The number of halogens is 1. The second-order valence-electron chi connectivity index (χ2n) is 5.40. The van der Waals surface area contributed by atoms with Gasteiger partial charge in [-0.3, -0.25) is 0 Å². The Bertz CT molecular complexity index is 467. The molecule has 0 bridgehead atoms. The molecule has 0 saturated carbocycles. The van der Waals surface area contributed by atoms with Crippen molar-refractivity contribution >= 4 is 17.6 Å². The molecule has 1 heterocycles. The molecule has 0 radical (unpaired) electrons. The summed E-state index contributed by atoms with van der Waals surface area (Å²) in [5, 5.41) is 3.57. The lowest BCUT2D eigenvalue weighted by Gasteiger charge is -2.33. The third-order valence-electron chi connectivity index (χ3n) is 3.76. The molecule has 1 aliphatic rings. The maximum Gasteiger partial charge on any atom is 0.317 e. The fourth-order valence-corrected chi connectivity index (χ4v) is 2.70. The molecule has 21 heavy (non-hydrogen) atoms. The molecule has 0 spiro atoms. The van der Waals surface area contributed by atoms with Gasteiger partial charge < -0.3 is 15.0 Å². The second kappa shape index (κ2) is 8.13. The molecule has 1 N–H and O–H groups in total. The van der Waals surface area contributed by atoms with Crippen LogP contribution in [0.4, 0.5) is 4.79 Å². The normalized spacial score (nSPS) is 18.4. The van der Waals surface area contributed by atoms with Crippen LogP contribution >= 0.6 is 11.6 Å². The van der Waals surface area contributed by atoms with Crippen LogP contribution in [0.15, 0.2) is 24.3 Å². The van der Waals surface area contributed by atoms with Crippen LogP contribution < -0.4 is 10.1 Å². The van der Waals surface area contributed by atoms with Crippen molar-refractivity contribution in [1.29, 1.82) is 0 Å². The first kappa shape index (κ1) is 16.0. The Morgan fingerprint density at radius 1 is 1.43 bits per heavy atom. The number of likely N-dealkylation sites (tertiary alicyclic amines) is 1. The molecule has 0 aromatic heterocycles. The number of piperidine rings is 1. The Balaban J connectivity index is 1.63. The third kappa shape index (κ3) is 4.81. The molecule has 1 atom stereocenters. The zero-order valence-electron chi connectivity index (χ0n) is 12.5. The molecular weight excluding hydrogens is 288 g/mol. The highest BCUT2D eigenvalue weighted by Crippen LogP contribution is 2.23. The molecule has 1 aromatic rings. The minimum atomic E-state index is 0.0416. The molecule has 0 aliphatic carbocycles. The monoisotopic (exact) mass is 310 g/mol. The lowest BCUT2D eigenvalue weighted by Crippen LogP contribution is -2.47. The van der Waals surface area contributed by atoms with Gasteiger partial charge in [0, 0.05) is 19.1 Å². The fourth-order valence-electron chi connectivity index (χ4n) is 2.51. The number of urea groups is 1. The Morgan fingerprint density at radius 2 is 2.24 bits per heavy atom. The first-order valence-electron chi connectivity index (χ1n) is 7.60. The van der Waals surface area contributed by atoms with Crippen molar-refractivity contribution in [3.63, 3.8) is 0 Å². The maximum absolute atomic E-state index is 12.0. The van der Waals surface area contributed by atoms with Crippen LogP contribution in [0.1, 0.15) is 32.6 Å². The number of ether oxygens (including phenoxy) is 1. The Hall–Kier alpha value is -1.42. The van der Waals surface area contributed by atoms with Crippen molar-refractivity contribution in [2.24, 2.45) is 0 Å². The van der Waals surface area contributed by atoms with E-state index in [0.717, 1.165) is 25.8 Å². The van der Waals surface area contributed by atoms with E-state index in [-0.39, 0.29) is 6.03 Å². The van der Waals surface area contributed by atoms with Gasteiger partial charge in [-0.25, -0.2) is 4.79 Å². The number of amides is 2. The molecule has 5 heteroatoms. The largest absolute Gasteiger partial charge is 0.492 e. The maximum atomic E-state index is 12.0. The molecule has 116 valence electrons. The minimum Gasteiger partial charge on any atom is -0.492 e. The van der Waals surface area contributed by atoms with Gasteiger partial charge in [-0.2, -0.15) is 0 Å². The topological polar surface area (TPSA) is 41.6 Å². The molecule has 1 aliphatic heterocycles. The summed E-state index contributed by atoms with van der Waals surface area (Å²) in [5.74, 6) is 0.690. The van der Waals surface area contributed by atoms with Gasteiger partial charge in [0.25, 0.3) is 0 Å². The van der Waals surface area contributed by atoms with Crippen LogP contribution in [0, 0.1) is 0 Å². The Labute approximate surface area is 131 Å². The number of para-hydroxylation sites is 1. The van der Waals surface area contributed by atoms with Crippen molar-refractivity contribution in [2.45, 2.75) is 38.6 Å². The zero-order chi connectivity index (χ0) is 15.1. The standard InChI is InChI=1S/C16H23ClN2O2/c1-13-7-4-5-11-19(13)16(20)18-10-6-12-21-15-9-3-2-8-14(15)17/h2-3,8-9,13H,4-7,10-12H2,1H3,(H,18,20). The van der Waals surface area contributed by atoms with Gasteiger partial charge >= 0.3 is 6.03 Å². The lowest BCUT2D eigenvalue weighted by molar-refractivity contribution is 0.157. The van der Waals surface area contributed by atoms with E-state index < -0.39 is 0 Å². The summed E-state index contributed by atoms with van der Waals surface area (Å²) < 4.78 is 5.59. The summed E-state index contributed by atoms with van der Waals surface area (Å²) in [4.78, 5) is 14.0. The van der Waals surface area contributed by atoms with E-state index in [0.29, 0.717) is 30.0 Å². The average molecular weight is 311 g/mol. The molecule has 1 saturated heterocycles. The van der Waals surface area contributed by atoms with E-state index in [9.17, 15) is 4.79 Å². The lowest BCUT2D eigenvalue weighted by atomic mass is 10.0. The molecule has 2 rings (SSSR count). The summed E-state index contributed by atoms with van der Waals surface area (Å²) in [6.07, 6.45) is 4.19. The molecule has 1 aromatic carbocycles. The molecule has 4 nitrogen and oxygen atoms in total. The van der Waals surface area contributed by atoms with Crippen molar-refractivity contribution in [1.82, 2.24) is 10.2 Å². The van der Waals surface area contributed by atoms with Crippen LogP contribution in [-0.2, 0) is 0 Å². The number of carbonyl (C=O) groups excluding carboxylic acids is 1. The van der Waals surface area contributed by atoms with E-state index in [2.05, 4.69) is 12.2 Å². The zero-order valence-corrected chi connectivity index (χ0v) is 13.2. The third-order valence-corrected chi connectivity index (χ3v) is 4.07. The molecule has 1 fully saturated rings. The molecular formula is C16H23ClN2O2. The van der Waals surface area contributed by atoms with Crippen LogP contribution in [0.2, 0.25) is 5.02 Å². The summed E-state index contributed by atoms with van der Waals surface area (Å²) in [6, 6.07) is 7.79. The van der Waals surface area contributed by atoms with Crippen molar-refractivity contribution in [2.75, 3.05) is 19.7 Å². The first-order chi connectivity index (χ1) is 10.2. The van der Waals surface area contributed by atoms with Crippen LogP contribution in [0.3, 0.4) is 0 Å². The van der Waals surface area contributed by atoms with E-state index in [4.69, 9.17) is 16.3 Å². The number of hydrogen-bond acceptors (Lipinski definition) is 2. The van der Waals surface area contributed by atoms with E-state index in [1.807, 2.05) is 23.1 Å². The van der Waals surface area contributed by atoms with E-state index >= 15 is 0 Å². The van der Waals surface area contributed by atoms with Crippen LogP contribution in [0.5, 0.6) is 5.75 Å². The first-order valence-corrected chi connectivity index (χ1v) is 7.98. The second-order valence-corrected chi connectivity index (χ2v) is 5.81. The van der Waals surface area contributed by atoms with Gasteiger partial charge in [-0.1, -0.05) is 23.7 Å². The number of hydrogen-bond donors (Lipinski definition) is 1. The predicted molar refractivity (Wildman–Crippen MR) is 85.0 cm³/mol. The van der Waals surface area contributed by atoms with Crippen molar-refractivity contribution in [3.05, 3.63) is 29.3 Å². The van der Waals surface area contributed by atoms with Gasteiger partial charge in [0.05, 0.1) is 11.6 Å². The summed E-state index contributed by atoms with van der Waals surface area (Å²) in [6.45, 7) is 4.13. The van der Waals surface area contributed by atoms with Gasteiger partial charge in [0.15, 0.2) is 0 Å². The molecule has 1 unspecified atom stereocenters. The fraction of sp³-hybridized carbons (Fsp3) is 0.562. The van der Waals surface area contributed by atoms with Gasteiger partial charge in [0.2, 0.25) is 0 Å². The number of nitrogens with one attached hydrogen (secondary N) is 1. The summed E-state index contributed by atoms with van der Waals surface area (Å²) in [7, 11) is 0. The summed E-state index contributed by atoms with van der Waals surface area (Å²) >= 11 is 6.00. The minimum absolute atomic E-state index is 0.0416. The van der Waals surface area contributed by atoms with E-state index in [1.165, 1.54) is 6.42 Å². The van der Waals surface area contributed by atoms with Gasteiger partial charge in [-0.05, 0) is 44.7 Å². The van der Waals surface area contributed by atoms with E-state index in [1.54, 1.807) is 6.07 Å².